The second-order valence-electron chi connectivity index (χ2n) is 8.43. The first-order valence-corrected chi connectivity index (χ1v) is 8.54. The Bertz CT molecular complexity index is 404. The summed E-state index contributed by atoms with van der Waals surface area (Å²) in [5.74, 6) is 2.65. The summed E-state index contributed by atoms with van der Waals surface area (Å²) >= 11 is 0. The SMILES string of the molecule is CC(=O)[C@@]1(C)CCC2C(CC[C@H]3C[C@H](O)CC[C@]23C)C1. The molecule has 0 aliphatic heterocycles. The highest BCUT2D eigenvalue weighted by Crippen LogP contribution is 2.61. The van der Waals surface area contributed by atoms with Crippen molar-refractivity contribution in [3.63, 3.8) is 0 Å². The first kappa shape index (κ1) is 14.6. The van der Waals surface area contributed by atoms with Gasteiger partial charge in [0.2, 0.25) is 0 Å². The van der Waals surface area contributed by atoms with Crippen LogP contribution in [0, 0.1) is 28.6 Å². The molecular weight excluding hydrogens is 248 g/mol. The second-order valence-corrected chi connectivity index (χ2v) is 8.43. The predicted octanol–water partition coefficient (Wildman–Crippen LogP) is 3.96. The van der Waals surface area contributed by atoms with Crippen LogP contribution in [0.3, 0.4) is 0 Å². The Balaban J connectivity index is 1.80. The molecule has 0 aromatic heterocycles. The third-order valence-electron chi connectivity index (χ3n) is 7.38. The Morgan fingerprint density at radius 2 is 1.85 bits per heavy atom. The van der Waals surface area contributed by atoms with E-state index in [4.69, 9.17) is 0 Å². The molecule has 0 aromatic carbocycles. The van der Waals surface area contributed by atoms with Gasteiger partial charge in [0.25, 0.3) is 0 Å². The lowest BCUT2D eigenvalue weighted by molar-refractivity contribution is -0.137. The maximum atomic E-state index is 12.0. The summed E-state index contributed by atoms with van der Waals surface area (Å²) in [6.45, 7) is 6.45. The molecule has 0 heterocycles. The standard InChI is InChI=1S/C18H30O2/c1-12(19)17(2)8-7-16-13(11-17)4-5-14-10-15(20)6-9-18(14,16)3/h13-16,20H,4-11H2,1-3H3/t13?,14-,15+,16?,17-,18-/m0/s1. The fourth-order valence-electron chi connectivity index (χ4n) is 5.77. The van der Waals surface area contributed by atoms with Gasteiger partial charge >= 0.3 is 0 Å². The molecule has 0 amide bonds. The van der Waals surface area contributed by atoms with Crippen LogP contribution in [-0.4, -0.2) is 17.0 Å². The average Bonchev–Trinajstić information content (AvgIpc) is 2.39. The van der Waals surface area contributed by atoms with Gasteiger partial charge in [-0.1, -0.05) is 13.8 Å². The number of rotatable bonds is 1. The van der Waals surface area contributed by atoms with E-state index in [1.807, 2.05) is 0 Å². The Kier molecular flexibility index (Phi) is 3.52. The minimum Gasteiger partial charge on any atom is -0.393 e. The van der Waals surface area contributed by atoms with E-state index in [0.717, 1.165) is 37.5 Å². The Hall–Kier alpha value is -0.370. The third kappa shape index (κ3) is 2.15. The number of carbonyl (C=O) groups excluding carboxylic acids is 1. The highest BCUT2D eigenvalue weighted by molar-refractivity contribution is 5.82. The number of aliphatic hydroxyl groups is 1. The lowest BCUT2D eigenvalue weighted by atomic mass is 9.47. The van der Waals surface area contributed by atoms with Crippen LogP contribution in [-0.2, 0) is 4.79 Å². The molecule has 0 saturated heterocycles. The van der Waals surface area contributed by atoms with Gasteiger partial charge in [-0.15, -0.1) is 0 Å². The largest absolute Gasteiger partial charge is 0.393 e. The number of Topliss-reactive ketones (excluding diaryl/α,β-unsaturated/α-hetero) is 1. The highest BCUT2D eigenvalue weighted by atomic mass is 16.3. The van der Waals surface area contributed by atoms with E-state index >= 15 is 0 Å². The molecule has 2 nitrogen and oxygen atoms in total. The third-order valence-corrected chi connectivity index (χ3v) is 7.38. The summed E-state index contributed by atoms with van der Waals surface area (Å²) in [6.07, 6.45) is 9.09. The van der Waals surface area contributed by atoms with Gasteiger partial charge in [0.1, 0.15) is 5.78 Å². The fourth-order valence-corrected chi connectivity index (χ4v) is 5.77. The first-order valence-electron chi connectivity index (χ1n) is 8.54. The molecule has 114 valence electrons. The van der Waals surface area contributed by atoms with Crippen LogP contribution in [0.15, 0.2) is 0 Å². The van der Waals surface area contributed by atoms with Crippen molar-refractivity contribution in [1.82, 2.24) is 0 Å². The second kappa shape index (κ2) is 4.83. The monoisotopic (exact) mass is 278 g/mol. The maximum Gasteiger partial charge on any atom is 0.135 e. The molecule has 0 radical (unpaired) electrons. The lowest BCUT2D eigenvalue weighted by Gasteiger charge is -2.58. The quantitative estimate of drug-likeness (QED) is 0.788. The maximum absolute atomic E-state index is 12.0. The number of aliphatic hydroxyl groups excluding tert-OH is 1. The number of fused-ring (bicyclic) bond motifs is 3. The Labute approximate surface area is 123 Å². The number of carbonyl (C=O) groups is 1. The molecule has 1 N–H and O–H groups in total. The molecule has 2 heteroatoms. The van der Waals surface area contributed by atoms with Crippen molar-refractivity contribution < 1.29 is 9.90 Å². The molecular formula is C18H30O2. The van der Waals surface area contributed by atoms with Crippen molar-refractivity contribution in [1.29, 1.82) is 0 Å². The Morgan fingerprint density at radius 3 is 2.55 bits per heavy atom. The van der Waals surface area contributed by atoms with Gasteiger partial charge in [-0.2, -0.15) is 0 Å². The average molecular weight is 278 g/mol. The van der Waals surface area contributed by atoms with Crippen LogP contribution in [0.5, 0.6) is 0 Å². The van der Waals surface area contributed by atoms with Crippen LogP contribution in [0.25, 0.3) is 0 Å². The van der Waals surface area contributed by atoms with E-state index in [1.165, 1.54) is 25.7 Å². The van der Waals surface area contributed by atoms with Crippen LogP contribution in [0.2, 0.25) is 0 Å². The fraction of sp³-hybridized carbons (Fsp3) is 0.944. The number of hydrogen-bond acceptors (Lipinski definition) is 2. The molecule has 3 fully saturated rings. The molecule has 2 unspecified atom stereocenters. The summed E-state index contributed by atoms with van der Waals surface area (Å²) in [6, 6.07) is 0. The lowest BCUT2D eigenvalue weighted by Crippen LogP contribution is -2.51. The minimum absolute atomic E-state index is 0.0570. The van der Waals surface area contributed by atoms with Gasteiger partial charge in [0.15, 0.2) is 0 Å². The summed E-state index contributed by atoms with van der Waals surface area (Å²) in [5.41, 5.74) is 0.374. The van der Waals surface area contributed by atoms with Crippen molar-refractivity contribution in [2.75, 3.05) is 0 Å². The van der Waals surface area contributed by atoms with E-state index in [2.05, 4.69) is 13.8 Å². The van der Waals surface area contributed by atoms with Gasteiger partial charge in [-0.3, -0.25) is 4.79 Å². The predicted molar refractivity (Wildman–Crippen MR) is 80.3 cm³/mol. The van der Waals surface area contributed by atoms with Crippen molar-refractivity contribution in [3.8, 4) is 0 Å². The topological polar surface area (TPSA) is 37.3 Å². The molecule has 0 spiro atoms. The molecule has 0 bridgehead atoms. The van der Waals surface area contributed by atoms with E-state index in [-0.39, 0.29) is 11.5 Å². The molecule has 6 atom stereocenters. The van der Waals surface area contributed by atoms with Gasteiger partial charge in [-0.25, -0.2) is 0 Å². The Morgan fingerprint density at radius 1 is 1.10 bits per heavy atom. The van der Waals surface area contributed by atoms with Crippen LogP contribution < -0.4 is 0 Å². The number of hydrogen-bond donors (Lipinski definition) is 1. The molecule has 0 aromatic rings. The zero-order valence-electron chi connectivity index (χ0n) is 13.3. The highest BCUT2D eigenvalue weighted by Gasteiger charge is 2.53. The summed E-state index contributed by atoms with van der Waals surface area (Å²) < 4.78 is 0. The molecule has 20 heavy (non-hydrogen) atoms. The number of ketones is 1. The van der Waals surface area contributed by atoms with E-state index < -0.39 is 0 Å². The van der Waals surface area contributed by atoms with Gasteiger partial charge in [0.05, 0.1) is 6.10 Å². The summed E-state index contributed by atoms with van der Waals surface area (Å²) in [7, 11) is 0. The van der Waals surface area contributed by atoms with Gasteiger partial charge < -0.3 is 5.11 Å². The van der Waals surface area contributed by atoms with Crippen LogP contribution in [0.1, 0.15) is 72.1 Å². The molecule has 3 aliphatic rings. The first-order chi connectivity index (χ1) is 9.35. The summed E-state index contributed by atoms with van der Waals surface area (Å²) in [5, 5.41) is 9.97. The normalized spacial score (nSPS) is 52.0. The van der Waals surface area contributed by atoms with E-state index in [0.29, 0.717) is 17.1 Å². The zero-order chi connectivity index (χ0) is 14.5. The van der Waals surface area contributed by atoms with E-state index in [1.54, 1.807) is 6.92 Å². The molecule has 3 saturated carbocycles. The smallest absolute Gasteiger partial charge is 0.135 e. The van der Waals surface area contributed by atoms with E-state index in [9.17, 15) is 9.90 Å². The van der Waals surface area contributed by atoms with Crippen LogP contribution in [0.4, 0.5) is 0 Å². The molecule has 3 aliphatic carbocycles. The van der Waals surface area contributed by atoms with Crippen molar-refractivity contribution in [3.05, 3.63) is 0 Å². The van der Waals surface area contributed by atoms with Crippen LogP contribution >= 0.6 is 0 Å². The van der Waals surface area contributed by atoms with Crippen molar-refractivity contribution >= 4 is 5.78 Å². The van der Waals surface area contributed by atoms with Gasteiger partial charge in [0, 0.05) is 5.41 Å². The van der Waals surface area contributed by atoms with Crippen molar-refractivity contribution in [2.45, 2.75) is 78.2 Å². The zero-order valence-corrected chi connectivity index (χ0v) is 13.3. The minimum atomic E-state index is -0.0595. The molecule has 3 rings (SSSR count). The van der Waals surface area contributed by atoms with Crippen molar-refractivity contribution in [2.24, 2.45) is 28.6 Å². The van der Waals surface area contributed by atoms with Gasteiger partial charge in [-0.05, 0) is 81.5 Å². The summed E-state index contributed by atoms with van der Waals surface area (Å²) in [4.78, 5) is 12.0.